The number of amides is 1. The van der Waals surface area contributed by atoms with Crippen LogP contribution in [0.2, 0.25) is 0 Å². The summed E-state index contributed by atoms with van der Waals surface area (Å²) in [7, 11) is 1.72. The smallest absolute Gasteiger partial charge is 0.410 e. The summed E-state index contributed by atoms with van der Waals surface area (Å²) in [5, 5.41) is 15.5. The zero-order valence-electron chi connectivity index (χ0n) is 17.0. The Labute approximate surface area is 184 Å². The number of carbonyl (C=O) groups is 1. The topological polar surface area (TPSA) is 89.8 Å². The quantitative estimate of drug-likeness (QED) is 0.379. The second-order valence-corrected chi connectivity index (χ2v) is 7.64. The van der Waals surface area contributed by atoms with Crippen LogP contribution in [-0.4, -0.2) is 48.7 Å². The summed E-state index contributed by atoms with van der Waals surface area (Å²) in [6, 6.07) is 9.67. The molecule has 1 aromatic rings. The summed E-state index contributed by atoms with van der Waals surface area (Å²) in [4.78, 5) is 18.3. The molecular weight excluding hydrogens is 469 g/mol. The lowest BCUT2D eigenvalue weighted by molar-refractivity contribution is 0.0193. The molecule has 1 atom stereocenters. The highest BCUT2D eigenvalue weighted by Crippen LogP contribution is 2.15. The average molecular weight is 499 g/mol. The van der Waals surface area contributed by atoms with E-state index in [0.717, 1.165) is 18.4 Å². The molecule has 28 heavy (non-hydrogen) atoms. The van der Waals surface area contributed by atoms with Crippen LogP contribution in [0.25, 0.3) is 0 Å². The number of rotatable bonds is 3. The molecule has 1 amide bonds. The van der Waals surface area contributed by atoms with Gasteiger partial charge < -0.3 is 20.3 Å². The summed E-state index contributed by atoms with van der Waals surface area (Å²) in [6.45, 7) is 7.53. The highest BCUT2D eigenvalue weighted by molar-refractivity contribution is 14.0. The molecule has 8 heteroatoms. The number of nitrogens with one attached hydrogen (secondary N) is 2. The molecule has 1 aliphatic heterocycles. The number of ether oxygens (including phenoxy) is 1. The molecule has 7 nitrogen and oxygen atoms in total. The molecule has 1 aliphatic rings. The molecule has 1 heterocycles. The molecular formula is C20H30IN5O2. The third kappa shape index (κ3) is 7.92. The number of benzene rings is 1. The molecule has 0 saturated carbocycles. The van der Waals surface area contributed by atoms with Crippen LogP contribution < -0.4 is 10.6 Å². The van der Waals surface area contributed by atoms with Crippen LogP contribution in [0.3, 0.4) is 0 Å². The fraction of sp³-hybridized carbons (Fsp3) is 0.550. The van der Waals surface area contributed by atoms with Crippen molar-refractivity contribution in [1.29, 1.82) is 5.26 Å². The van der Waals surface area contributed by atoms with Crippen molar-refractivity contribution >= 4 is 36.0 Å². The SMILES string of the molecule is CN=C(NCc1ccc(C#N)cc1)NC1CCCN(C(=O)OC(C)(C)C)C1.I. The van der Waals surface area contributed by atoms with E-state index in [-0.39, 0.29) is 36.1 Å². The number of aliphatic imine (C=N–C) groups is 1. The van der Waals surface area contributed by atoms with Crippen LogP contribution in [0.1, 0.15) is 44.7 Å². The lowest BCUT2D eigenvalue weighted by Gasteiger charge is -2.35. The van der Waals surface area contributed by atoms with Crippen LogP contribution in [0.15, 0.2) is 29.3 Å². The lowest BCUT2D eigenvalue weighted by atomic mass is 10.1. The Morgan fingerprint density at radius 1 is 1.36 bits per heavy atom. The predicted octanol–water partition coefficient (Wildman–Crippen LogP) is 3.24. The number of nitriles is 1. The van der Waals surface area contributed by atoms with Crippen molar-refractivity contribution < 1.29 is 9.53 Å². The maximum Gasteiger partial charge on any atom is 0.410 e. The van der Waals surface area contributed by atoms with Gasteiger partial charge in [0.25, 0.3) is 0 Å². The maximum absolute atomic E-state index is 12.3. The molecule has 1 saturated heterocycles. The summed E-state index contributed by atoms with van der Waals surface area (Å²) >= 11 is 0. The minimum absolute atomic E-state index is 0. The van der Waals surface area contributed by atoms with E-state index in [0.29, 0.717) is 31.2 Å². The number of guanidine groups is 1. The van der Waals surface area contributed by atoms with E-state index in [1.807, 2.05) is 32.9 Å². The first-order valence-electron chi connectivity index (χ1n) is 9.25. The van der Waals surface area contributed by atoms with Crippen LogP contribution in [-0.2, 0) is 11.3 Å². The molecule has 2 rings (SSSR count). The molecule has 0 bridgehead atoms. The summed E-state index contributed by atoms with van der Waals surface area (Å²) in [5.41, 5.74) is 1.22. The Morgan fingerprint density at radius 3 is 2.61 bits per heavy atom. The highest BCUT2D eigenvalue weighted by atomic mass is 127. The van der Waals surface area contributed by atoms with Crippen molar-refractivity contribution in [3.8, 4) is 6.07 Å². The molecule has 0 radical (unpaired) electrons. The first-order valence-corrected chi connectivity index (χ1v) is 9.25. The average Bonchev–Trinajstić information content (AvgIpc) is 2.64. The van der Waals surface area contributed by atoms with Gasteiger partial charge in [0.05, 0.1) is 11.6 Å². The number of carbonyl (C=O) groups excluding carboxylic acids is 1. The molecule has 0 aliphatic carbocycles. The minimum Gasteiger partial charge on any atom is -0.444 e. The first kappa shape index (κ1) is 24.0. The number of halogens is 1. The standard InChI is InChI=1S/C20H29N5O2.HI/c1-20(2,3)27-19(26)25-11-5-6-17(14-25)24-18(22-4)23-13-16-9-7-15(12-21)8-10-16;/h7-10,17H,5-6,11,13-14H2,1-4H3,(H2,22,23,24);1H. The van der Waals surface area contributed by atoms with Crippen molar-refractivity contribution in [3.63, 3.8) is 0 Å². The number of hydrogen-bond donors (Lipinski definition) is 2. The van der Waals surface area contributed by atoms with Crippen molar-refractivity contribution in [2.24, 2.45) is 4.99 Å². The molecule has 154 valence electrons. The molecule has 2 N–H and O–H groups in total. The Kier molecular flexibility index (Phi) is 9.52. The van der Waals surface area contributed by atoms with E-state index < -0.39 is 5.60 Å². The van der Waals surface area contributed by atoms with Gasteiger partial charge in [0.1, 0.15) is 5.60 Å². The fourth-order valence-corrected chi connectivity index (χ4v) is 2.86. The third-order valence-corrected chi connectivity index (χ3v) is 4.18. The van der Waals surface area contributed by atoms with Crippen molar-refractivity contribution in [2.75, 3.05) is 20.1 Å². The first-order chi connectivity index (χ1) is 12.8. The Hall–Kier alpha value is -2.02. The van der Waals surface area contributed by atoms with Gasteiger partial charge in [-0.05, 0) is 51.3 Å². The lowest BCUT2D eigenvalue weighted by Crippen LogP contribution is -2.53. The predicted molar refractivity (Wildman–Crippen MR) is 121 cm³/mol. The molecule has 1 unspecified atom stereocenters. The molecule has 0 spiro atoms. The van der Waals surface area contributed by atoms with E-state index in [9.17, 15) is 4.79 Å². The van der Waals surface area contributed by atoms with E-state index in [1.165, 1.54) is 0 Å². The summed E-state index contributed by atoms with van der Waals surface area (Å²) < 4.78 is 5.47. The van der Waals surface area contributed by atoms with Crippen molar-refractivity contribution in [1.82, 2.24) is 15.5 Å². The maximum atomic E-state index is 12.3. The number of likely N-dealkylation sites (tertiary alicyclic amines) is 1. The second-order valence-electron chi connectivity index (χ2n) is 7.64. The van der Waals surface area contributed by atoms with Crippen molar-refractivity contribution in [3.05, 3.63) is 35.4 Å². The van der Waals surface area contributed by atoms with Gasteiger partial charge in [0, 0.05) is 32.7 Å². The highest BCUT2D eigenvalue weighted by Gasteiger charge is 2.27. The number of hydrogen-bond acceptors (Lipinski definition) is 4. The molecule has 1 fully saturated rings. The van der Waals surface area contributed by atoms with E-state index in [1.54, 1.807) is 24.1 Å². The van der Waals surface area contributed by atoms with Gasteiger partial charge in [-0.2, -0.15) is 5.26 Å². The second kappa shape index (κ2) is 11.1. The van der Waals surface area contributed by atoms with E-state index in [4.69, 9.17) is 10.00 Å². The summed E-state index contributed by atoms with van der Waals surface area (Å²) in [6.07, 6.45) is 1.62. The van der Waals surface area contributed by atoms with Gasteiger partial charge in [0.15, 0.2) is 5.96 Å². The fourth-order valence-electron chi connectivity index (χ4n) is 2.86. The summed E-state index contributed by atoms with van der Waals surface area (Å²) in [5.74, 6) is 0.690. The largest absolute Gasteiger partial charge is 0.444 e. The number of piperidine rings is 1. The minimum atomic E-state index is -0.490. The van der Waals surface area contributed by atoms with Gasteiger partial charge >= 0.3 is 6.09 Å². The zero-order chi connectivity index (χ0) is 19.9. The van der Waals surface area contributed by atoms with Crippen LogP contribution in [0.4, 0.5) is 4.79 Å². The third-order valence-electron chi connectivity index (χ3n) is 4.18. The van der Waals surface area contributed by atoms with Gasteiger partial charge in [-0.3, -0.25) is 4.99 Å². The zero-order valence-corrected chi connectivity index (χ0v) is 19.3. The number of nitrogens with zero attached hydrogens (tertiary/aromatic N) is 3. The van der Waals surface area contributed by atoms with Crippen LogP contribution in [0, 0.1) is 11.3 Å². The Morgan fingerprint density at radius 2 is 2.04 bits per heavy atom. The van der Waals surface area contributed by atoms with Gasteiger partial charge in [-0.25, -0.2) is 4.79 Å². The van der Waals surface area contributed by atoms with E-state index >= 15 is 0 Å². The van der Waals surface area contributed by atoms with Crippen LogP contribution in [0.5, 0.6) is 0 Å². The normalized spacial score (nSPS) is 17.2. The van der Waals surface area contributed by atoms with Crippen LogP contribution >= 0.6 is 24.0 Å². The monoisotopic (exact) mass is 499 g/mol. The van der Waals surface area contributed by atoms with Gasteiger partial charge in [0.2, 0.25) is 0 Å². The van der Waals surface area contributed by atoms with E-state index in [2.05, 4.69) is 21.7 Å². The van der Waals surface area contributed by atoms with Gasteiger partial charge in [-0.15, -0.1) is 24.0 Å². The Bertz CT molecular complexity index is 707. The molecule has 0 aromatic heterocycles. The van der Waals surface area contributed by atoms with Gasteiger partial charge in [-0.1, -0.05) is 12.1 Å². The molecule has 1 aromatic carbocycles. The van der Waals surface area contributed by atoms with Crippen molar-refractivity contribution in [2.45, 2.75) is 51.8 Å². The Balaban J connectivity index is 0.00000392.